The molecule has 0 bridgehead atoms. The van der Waals surface area contributed by atoms with Crippen LogP contribution in [0.4, 0.5) is 0 Å². The topological polar surface area (TPSA) is 61.8 Å². The maximum atomic E-state index is 12.2. The van der Waals surface area contributed by atoms with Crippen LogP contribution in [0.3, 0.4) is 0 Å². The first-order valence-corrected chi connectivity index (χ1v) is 7.09. The van der Waals surface area contributed by atoms with E-state index in [0.29, 0.717) is 17.1 Å². The summed E-state index contributed by atoms with van der Waals surface area (Å²) < 4.78 is 15.5. The van der Waals surface area contributed by atoms with Crippen molar-refractivity contribution in [3.63, 3.8) is 0 Å². The highest BCUT2D eigenvalue weighted by Crippen LogP contribution is 2.28. The zero-order valence-electron chi connectivity index (χ0n) is 13.2. The molecule has 1 unspecified atom stereocenters. The van der Waals surface area contributed by atoms with Gasteiger partial charge < -0.3 is 14.2 Å². The van der Waals surface area contributed by atoms with Gasteiger partial charge in [-0.2, -0.15) is 0 Å². The molecule has 120 valence electrons. The smallest absolute Gasteiger partial charge is 0.338 e. The fourth-order valence-electron chi connectivity index (χ4n) is 2.08. The summed E-state index contributed by atoms with van der Waals surface area (Å²) in [5, 5.41) is 0. The summed E-state index contributed by atoms with van der Waals surface area (Å²) in [5.74, 6) is 0.0867. The molecule has 0 saturated carbocycles. The first-order chi connectivity index (χ1) is 11.1. The van der Waals surface area contributed by atoms with Gasteiger partial charge in [-0.25, -0.2) is 4.79 Å². The number of ether oxygens (including phenoxy) is 3. The molecule has 0 radical (unpaired) electrons. The summed E-state index contributed by atoms with van der Waals surface area (Å²) in [7, 11) is 2.99. The number of hydrogen-bond acceptors (Lipinski definition) is 5. The number of carbonyl (C=O) groups excluding carboxylic acids is 2. The average Bonchev–Trinajstić information content (AvgIpc) is 2.60. The molecule has 0 aliphatic carbocycles. The number of hydrogen-bond donors (Lipinski definition) is 0. The van der Waals surface area contributed by atoms with Gasteiger partial charge in [-0.05, 0) is 25.1 Å². The lowest BCUT2D eigenvalue weighted by molar-refractivity contribution is 0.0318. The fourth-order valence-corrected chi connectivity index (χ4v) is 2.08. The van der Waals surface area contributed by atoms with Gasteiger partial charge in [-0.15, -0.1) is 0 Å². The highest BCUT2D eigenvalue weighted by molar-refractivity contribution is 6.01. The summed E-state index contributed by atoms with van der Waals surface area (Å²) in [6, 6.07) is 13.4. The van der Waals surface area contributed by atoms with Crippen molar-refractivity contribution >= 4 is 11.8 Å². The van der Waals surface area contributed by atoms with Crippen molar-refractivity contribution < 1.29 is 23.8 Å². The van der Waals surface area contributed by atoms with Crippen molar-refractivity contribution in [3.8, 4) is 11.5 Å². The lowest BCUT2D eigenvalue weighted by atomic mass is 10.1. The third-order valence-corrected chi connectivity index (χ3v) is 3.33. The molecular formula is C18H18O5. The lowest BCUT2D eigenvalue weighted by Crippen LogP contribution is -2.24. The molecule has 0 aliphatic heterocycles. The van der Waals surface area contributed by atoms with E-state index in [9.17, 15) is 9.59 Å². The molecule has 23 heavy (non-hydrogen) atoms. The Labute approximate surface area is 134 Å². The Kier molecular flexibility index (Phi) is 5.36. The van der Waals surface area contributed by atoms with Crippen LogP contribution in [0.15, 0.2) is 48.5 Å². The summed E-state index contributed by atoms with van der Waals surface area (Å²) >= 11 is 0. The van der Waals surface area contributed by atoms with Crippen LogP contribution in [0.2, 0.25) is 0 Å². The molecule has 0 spiro atoms. The van der Waals surface area contributed by atoms with Crippen LogP contribution in [0, 0.1) is 0 Å². The largest absolute Gasteiger partial charge is 0.493 e. The second-order valence-corrected chi connectivity index (χ2v) is 4.85. The molecule has 0 aliphatic rings. The molecule has 0 amide bonds. The summed E-state index contributed by atoms with van der Waals surface area (Å²) in [5.41, 5.74) is 0.787. The third-order valence-electron chi connectivity index (χ3n) is 3.33. The van der Waals surface area contributed by atoms with Gasteiger partial charge >= 0.3 is 5.97 Å². The van der Waals surface area contributed by atoms with Crippen LogP contribution in [0.1, 0.15) is 27.6 Å². The van der Waals surface area contributed by atoms with Crippen molar-refractivity contribution in [1.29, 1.82) is 0 Å². The van der Waals surface area contributed by atoms with E-state index in [1.54, 1.807) is 43.3 Å². The van der Waals surface area contributed by atoms with Gasteiger partial charge in [-0.3, -0.25) is 4.79 Å². The SMILES string of the molecule is COc1ccc(C(=O)OC(C)C(=O)c2ccccc2)cc1OC. The maximum Gasteiger partial charge on any atom is 0.338 e. The van der Waals surface area contributed by atoms with E-state index >= 15 is 0 Å². The second-order valence-electron chi connectivity index (χ2n) is 4.85. The Hall–Kier alpha value is -2.82. The molecule has 2 rings (SSSR count). The number of carbonyl (C=O) groups is 2. The van der Waals surface area contributed by atoms with Gasteiger partial charge in [0.15, 0.2) is 17.6 Å². The van der Waals surface area contributed by atoms with Crippen LogP contribution in [-0.4, -0.2) is 32.1 Å². The zero-order chi connectivity index (χ0) is 16.8. The Morgan fingerprint density at radius 3 is 2.13 bits per heavy atom. The van der Waals surface area contributed by atoms with E-state index in [4.69, 9.17) is 14.2 Å². The van der Waals surface area contributed by atoms with Crippen molar-refractivity contribution in [2.75, 3.05) is 14.2 Å². The minimum Gasteiger partial charge on any atom is -0.493 e. The van der Waals surface area contributed by atoms with E-state index in [0.717, 1.165) is 0 Å². The maximum absolute atomic E-state index is 12.2. The lowest BCUT2D eigenvalue weighted by Gasteiger charge is -2.13. The van der Waals surface area contributed by atoms with Gasteiger partial charge in [-0.1, -0.05) is 30.3 Å². The normalized spacial score (nSPS) is 11.4. The third kappa shape index (κ3) is 3.88. The predicted octanol–water partition coefficient (Wildman–Crippen LogP) is 3.13. The van der Waals surface area contributed by atoms with Crippen molar-refractivity contribution in [2.24, 2.45) is 0 Å². The first-order valence-electron chi connectivity index (χ1n) is 7.09. The molecule has 1 atom stereocenters. The molecular weight excluding hydrogens is 296 g/mol. The average molecular weight is 314 g/mol. The van der Waals surface area contributed by atoms with Crippen molar-refractivity contribution in [2.45, 2.75) is 13.0 Å². The van der Waals surface area contributed by atoms with Crippen molar-refractivity contribution in [3.05, 3.63) is 59.7 Å². The Morgan fingerprint density at radius 1 is 0.870 bits per heavy atom. The van der Waals surface area contributed by atoms with Crippen LogP contribution >= 0.6 is 0 Å². The van der Waals surface area contributed by atoms with Crippen LogP contribution in [0.5, 0.6) is 11.5 Å². The van der Waals surface area contributed by atoms with Crippen LogP contribution < -0.4 is 9.47 Å². The monoisotopic (exact) mass is 314 g/mol. The quantitative estimate of drug-likeness (QED) is 0.605. The van der Waals surface area contributed by atoms with E-state index in [1.165, 1.54) is 20.3 Å². The number of rotatable bonds is 6. The summed E-state index contributed by atoms with van der Waals surface area (Å²) in [4.78, 5) is 24.4. The first kappa shape index (κ1) is 16.5. The molecule has 5 nitrogen and oxygen atoms in total. The molecule has 5 heteroatoms. The van der Waals surface area contributed by atoms with Crippen LogP contribution in [0.25, 0.3) is 0 Å². The Bertz CT molecular complexity index is 694. The Balaban J connectivity index is 2.11. The molecule has 0 saturated heterocycles. The van der Waals surface area contributed by atoms with Gasteiger partial charge in [0.05, 0.1) is 19.8 Å². The standard InChI is InChI=1S/C18H18O5/c1-12(17(19)13-7-5-4-6-8-13)23-18(20)14-9-10-15(21-2)16(11-14)22-3/h4-12H,1-3H3. The van der Waals surface area contributed by atoms with Gasteiger partial charge in [0.25, 0.3) is 0 Å². The van der Waals surface area contributed by atoms with Gasteiger partial charge in [0.2, 0.25) is 5.78 Å². The number of methoxy groups -OCH3 is 2. The minimum absolute atomic E-state index is 0.251. The highest BCUT2D eigenvalue weighted by Gasteiger charge is 2.21. The van der Waals surface area contributed by atoms with Crippen LogP contribution in [-0.2, 0) is 4.74 Å². The van der Waals surface area contributed by atoms with Gasteiger partial charge in [0.1, 0.15) is 0 Å². The minimum atomic E-state index is -0.877. The van der Waals surface area contributed by atoms with E-state index in [2.05, 4.69) is 0 Å². The molecule has 0 N–H and O–H groups in total. The summed E-state index contributed by atoms with van der Waals surface area (Å²) in [6.07, 6.45) is -0.877. The number of Topliss-reactive ketones (excluding diaryl/α,β-unsaturated/α-hetero) is 1. The van der Waals surface area contributed by atoms with E-state index in [1.807, 2.05) is 6.07 Å². The number of esters is 1. The molecule has 2 aromatic rings. The van der Waals surface area contributed by atoms with E-state index < -0.39 is 12.1 Å². The molecule has 0 heterocycles. The fraction of sp³-hybridized carbons (Fsp3) is 0.222. The molecule has 2 aromatic carbocycles. The van der Waals surface area contributed by atoms with E-state index in [-0.39, 0.29) is 11.3 Å². The molecule has 0 fully saturated rings. The second kappa shape index (κ2) is 7.45. The number of ketones is 1. The Morgan fingerprint density at radius 2 is 1.52 bits per heavy atom. The summed E-state index contributed by atoms with van der Waals surface area (Å²) in [6.45, 7) is 1.55. The van der Waals surface area contributed by atoms with Crippen molar-refractivity contribution in [1.82, 2.24) is 0 Å². The molecule has 0 aromatic heterocycles. The van der Waals surface area contributed by atoms with Gasteiger partial charge in [0, 0.05) is 5.56 Å². The predicted molar refractivity (Wildman–Crippen MR) is 85.2 cm³/mol. The highest BCUT2D eigenvalue weighted by atomic mass is 16.5. The zero-order valence-corrected chi connectivity index (χ0v) is 13.2. The number of benzene rings is 2.